The van der Waals surface area contributed by atoms with E-state index in [-0.39, 0.29) is 5.69 Å². The summed E-state index contributed by atoms with van der Waals surface area (Å²) in [5, 5.41) is 20.9. The lowest BCUT2D eigenvalue weighted by atomic mass is 9.92. The number of ether oxygens (including phenoxy) is 2. The van der Waals surface area contributed by atoms with Crippen molar-refractivity contribution in [1.29, 1.82) is 0 Å². The quantitative estimate of drug-likeness (QED) is 0.632. The molecule has 28 heavy (non-hydrogen) atoms. The number of benzene rings is 1. The van der Waals surface area contributed by atoms with Crippen LogP contribution in [0, 0.1) is 5.21 Å². The molecule has 148 valence electrons. The van der Waals surface area contributed by atoms with Crippen molar-refractivity contribution in [2.45, 2.75) is 32.6 Å². The molecule has 1 aliphatic rings. The summed E-state index contributed by atoms with van der Waals surface area (Å²) < 4.78 is 23.3. The van der Waals surface area contributed by atoms with Crippen LogP contribution in [0.1, 0.15) is 48.4 Å². The number of hydrogen-bond acceptors (Lipinski definition) is 6. The third-order valence-corrected chi connectivity index (χ3v) is 4.89. The zero-order chi connectivity index (χ0) is 19.7. The Morgan fingerprint density at radius 3 is 1.93 bits per heavy atom. The van der Waals surface area contributed by atoms with E-state index in [2.05, 4.69) is 0 Å². The molecule has 1 aromatic carbocycles. The molecule has 7 nitrogen and oxygen atoms in total. The van der Waals surface area contributed by atoms with E-state index < -0.39 is 11.1 Å². The number of furan rings is 2. The van der Waals surface area contributed by atoms with E-state index in [1.165, 1.54) is 6.07 Å². The average molecular weight is 385 g/mol. The Hall–Kier alpha value is -2.74. The van der Waals surface area contributed by atoms with Crippen LogP contribution in [0.3, 0.4) is 0 Å². The van der Waals surface area contributed by atoms with Gasteiger partial charge in [0.1, 0.15) is 42.2 Å². The lowest BCUT2D eigenvalue weighted by Gasteiger charge is -2.25. The third kappa shape index (κ3) is 3.40. The first-order valence-electron chi connectivity index (χ1n) is 9.44. The molecule has 2 N–H and O–H groups in total. The average Bonchev–Trinajstić information content (AvgIpc) is 3.37. The van der Waals surface area contributed by atoms with Gasteiger partial charge in [-0.15, -0.1) is 0 Å². The molecule has 0 saturated carbocycles. The van der Waals surface area contributed by atoms with E-state index in [0.717, 1.165) is 24.4 Å². The molecule has 0 fully saturated rings. The Labute approximate surface area is 162 Å². The van der Waals surface area contributed by atoms with E-state index >= 15 is 0 Å². The van der Waals surface area contributed by atoms with Gasteiger partial charge in [0, 0.05) is 24.5 Å². The minimum Gasteiger partial charge on any atom is -0.595 e. The summed E-state index contributed by atoms with van der Waals surface area (Å²) in [7, 11) is 0. The number of quaternary nitrogens is 1. The number of hydrogen-bond donors (Lipinski definition) is 2. The first kappa shape index (κ1) is 18.6. The molecule has 3 heterocycles. The summed E-state index contributed by atoms with van der Waals surface area (Å²) in [5.74, 6) is 3.39. The molecule has 0 spiro atoms. The fraction of sp³-hybridized carbons (Fsp3) is 0.333. The molecule has 0 radical (unpaired) electrons. The first-order chi connectivity index (χ1) is 13.6. The SMILES string of the molecule is CCc1ccc(C(c2ccc(CC)o2)c2cc3c(cc2[NH+]([O-])O)OCCO3)o1. The minimum atomic E-state index is -1.04. The minimum absolute atomic E-state index is 0.137. The van der Waals surface area contributed by atoms with Crippen LogP contribution in [0.15, 0.2) is 45.2 Å². The van der Waals surface area contributed by atoms with Crippen molar-refractivity contribution < 1.29 is 28.7 Å². The van der Waals surface area contributed by atoms with Crippen LogP contribution in [0.2, 0.25) is 0 Å². The number of fused-ring (bicyclic) bond motifs is 1. The number of rotatable bonds is 6. The van der Waals surface area contributed by atoms with Gasteiger partial charge in [-0.3, -0.25) is 0 Å². The van der Waals surface area contributed by atoms with E-state index in [9.17, 15) is 10.4 Å². The van der Waals surface area contributed by atoms with Crippen molar-refractivity contribution in [3.05, 3.63) is 70.2 Å². The standard InChI is InChI=1S/C21H23NO6/c1-3-13-5-7-17(27-13)21(18-8-6-14(4-2)28-18)15-11-19-20(26-10-9-25-19)12-16(15)22(23)24/h5-8,11-12,21-23H,3-4,9-10H2,1-2H3. The molecular weight excluding hydrogens is 362 g/mol. The molecule has 1 unspecified atom stereocenters. The summed E-state index contributed by atoms with van der Waals surface area (Å²) in [4.78, 5) is 0. The van der Waals surface area contributed by atoms with Crippen LogP contribution < -0.4 is 14.7 Å². The van der Waals surface area contributed by atoms with Gasteiger partial charge < -0.3 is 23.5 Å². The fourth-order valence-corrected chi connectivity index (χ4v) is 3.45. The maximum absolute atomic E-state index is 12.0. The maximum Gasteiger partial charge on any atom is 0.172 e. The Balaban J connectivity index is 1.90. The van der Waals surface area contributed by atoms with Gasteiger partial charge in [-0.05, 0) is 30.3 Å². The summed E-state index contributed by atoms with van der Waals surface area (Å²) >= 11 is 0. The topological polar surface area (TPSA) is 92.5 Å². The van der Waals surface area contributed by atoms with Crippen LogP contribution in [0.4, 0.5) is 5.69 Å². The summed E-state index contributed by atoms with van der Waals surface area (Å²) in [6.07, 6.45) is 1.50. The second kappa shape index (κ2) is 7.71. The van der Waals surface area contributed by atoms with Gasteiger partial charge in [-0.2, -0.15) is 5.23 Å². The molecule has 0 amide bonds. The Kier molecular flexibility index (Phi) is 5.13. The molecular formula is C21H23NO6. The molecule has 3 aromatic rings. The second-order valence-electron chi connectivity index (χ2n) is 6.64. The molecule has 4 rings (SSSR count). The van der Waals surface area contributed by atoms with Crippen molar-refractivity contribution in [2.75, 3.05) is 13.2 Å². The van der Waals surface area contributed by atoms with Crippen LogP contribution >= 0.6 is 0 Å². The molecule has 7 heteroatoms. The molecule has 1 aliphatic heterocycles. The molecule has 0 saturated heterocycles. The van der Waals surface area contributed by atoms with Gasteiger partial charge in [-0.25, -0.2) is 5.21 Å². The number of aryl methyl sites for hydroxylation is 2. The van der Waals surface area contributed by atoms with Gasteiger partial charge in [0.15, 0.2) is 17.2 Å². The zero-order valence-electron chi connectivity index (χ0n) is 15.9. The van der Waals surface area contributed by atoms with E-state index in [4.69, 9.17) is 18.3 Å². The molecule has 0 bridgehead atoms. The van der Waals surface area contributed by atoms with Gasteiger partial charge in [0.25, 0.3) is 0 Å². The first-order valence-corrected chi connectivity index (χ1v) is 9.44. The predicted molar refractivity (Wildman–Crippen MR) is 100 cm³/mol. The lowest BCUT2D eigenvalue weighted by Crippen LogP contribution is -2.99. The number of nitrogens with one attached hydrogen (secondary N) is 1. The second-order valence-corrected chi connectivity index (χ2v) is 6.64. The third-order valence-electron chi connectivity index (χ3n) is 4.89. The van der Waals surface area contributed by atoms with Gasteiger partial charge in [-0.1, -0.05) is 13.8 Å². The Bertz CT molecular complexity index is 915. The van der Waals surface area contributed by atoms with Crippen molar-refractivity contribution in [3.8, 4) is 11.5 Å². The lowest BCUT2D eigenvalue weighted by molar-refractivity contribution is -0.991. The highest BCUT2D eigenvalue weighted by atomic mass is 16.8. The predicted octanol–water partition coefficient (Wildman–Crippen LogP) is 3.35. The van der Waals surface area contributed by atoms with Crippen LogP contribution in [-0.2, 0) is 12.8 Å². The van der Waals surface area contributed by atoms with Gasteiger partial charge in [0.2, 0.25) is 0 Å². The highest BCUT2D eigenvalue weighted by Crippen LogP contribution is 2.42. The molecule has 2 aromatic heterocycles. The van der Waals surface area contributed by atoms with Gasteiger partial charge in [0.05, 0.1) is 0 Å². The van der Waals surface area contributed by atoms with Gasteiger partial charge >= 0.3 is 0 Å². The Morgan fingerprint density at radius 1 is 0.929 bits per heavy atom. The largest absolute Gasteiger partial charge is 0.595 e. The highest BCUT2D eigenvalue weighted by Gasteiger charge is 2.31. The zero-order valence-corrected chi connectivity index (χ0v) is 15.9. The monoisotopic (exact) mass is 385 g/mol. The maximum atomic E-state index is 12.0. The Morgan fingerprint density at radius 2 is 1.46 bits per heavy atom. The van der Waals surface area contributed by atoms with Crippen molar-refractivity contribution >= 4 is 5.69 Å². The summed E-state index contributed by atoms with van der Waals surface area (Å²) in [6.45, 7) is 4.83. The summed E-state index contributed by atoms with van der Waals surface area (Å²) in [6, 6.07) is 10.8. The smallest absolute Gasteiger partial charge is 0.172 e. The van der Waals surface area contributed by atoms with Crippen LogP contribution in [0.25, 0.3) is 0 Å². The fourth-order valence-electron chi connectivity index (χ4n) is 3.45. The van der Waals surface area contributed by atoms with Crippen LogP contribution in [0.5, 0.6) is 11.5 Å². The van der Waals surface area contributed by atoms with Crippen molar-refractivity contribution in [3.63, 3.8) is 0 Å². The van der Waals surface area contributed by atoms with E-state index in [0.29, 0.717) is 41.8 Å². The summed E-state index contributed by atoms with van der Waals surface area (Å²) in [5.41, 5.74) is 0.684. The molecule has 0 aliphatic carbocycles. The van der Waals surface area contributed by atoms with Crippen molar-refractivity contribution in [2.24, 2.45) is 0 Å². The highest BCUT2D eigenvalue weighted by molar-refractivity contribution is 5.58. The van der Waals surface area contributed by atoms with Crippen molar-refractivity contribution in [1.82, 2.24) is 0 Å². The normalized spacial score (nSPS) is 14.5. The van der Waals surface area contributed by atoms with E-state index in [1.807, 2.05) is 38.1 Å². The van der Waals surface area contributed by atoms with E-state index in [1.54, 1.807) is 6.07 Å². The molecule has 1 atom stereocenters. The van der Waals surface area contributed by atoms with Crippen LogP contribution in [-0.4, -0.2) is 18.4 Å².